The molecule has 0 saturated carbocycles. The summed E-state index contributed by atoms with van der Waals surface area (Å²) in [6.45, 7) is 7.78. The Labute approximate surface area is 131 Å². The van der Waals surface area contributed by atoms with Crippen LogP contribution in [-0.4, -0.2) is 32.0 Å². The first-order chi connectivity index (χ1) is 10.1. The zero-order valence-corrected chi connectivity index (χ0v) is 14.1. The highest BCUT2D eigenvalue weighted by molar-refractivity contribution is 7.99. The van der Waals surface area contributed by atoms with Gasteiger partial charge in [-0.25, -0.2) is 0 Å². The van der Waals surface area contributed by atoms with Crippen LogP contribution >= 0.6 is 11.8 Å². The summed E-state index contributed by atoms with van der Waals surface area (Å²) in [5.41, 5.74) is 2.35. The van der Waals surface area contributed by atoms with E-state index < -0.39 is 0 Å². The molecule has 4 nitrogen and oxygen atoms in total. The van der Waals surface area contributed by atoms with Gasteiger partial charge in [-0.2, -0.15) is 0 Å². The molecule has 1 atom stereocenters. The SMILES string of the molecule is CCNC(C)c1ccc(OCC)c(CSCC(=O)OC)c1. The van der Waals surface area contributed by atoms with E-state index in [4.69, 9.17) is 4.74 Å². The van der Waals surface area contributed by atoms with E-state index in [1.807, 2.05) is 13.0 Å². The Kier molecular flexibility index (Phi) is 8.23. The number of rotatable bonds is 9. The number of thioether (sulfide) groups is 1. The van der Waals surface area contributed by atoms with Crippen molar-refractivity contribution in [1.82, 2.24) is 5.32 Å². The van der Waals surface area contributed by atoms with Gasteiger partial charge in [-0.15, -0.1) is 11.8 Å². The smallest absolute Gasteiger partial charge is 0.315 e. The second-order valence-electron chi connectivity index (χ2n) is 4.65. The topological polar surface area (TPSA) is 47.6 Å². The monoisotopic (exact) mass is 311 g/mol. The molecule has 21 heavy (non-hydrogen) atoms. The van der Waals surface area contributed by atoms with Crippen LogP contribution in [0.1, 0.15) is 37.9 Å². The van der Waals surface area contributed by atoms with Crippen LogP contribution in [0, 0.1) is 0 Å². The first-order valence-corrected chi connectivity index (χ1v) is 8.41. The molecule has 1 N–H and O–H groups in total. The van der Waals surface area contributed by atoms with E-state index in [1.165, 1.54) is 24.4 Å². The fourth-order valence-corrected chi connectivity index (χ4v) is 2.84. The second-order valence-corrected chi connectivity index (χ2v) is 5.63. The molecule has 5 heteroatoms. The first-order valence-electron chi connectivity index (χ1n) is 7.25. The summed E-state index contributed by atoms with van der Waals surface area (Å²) in [6, 6.07) is 6.56. The van der Waals surface area contributed by atoms with E-state index in [1.54, 1.807) is 0 Å². The van der Waals surface area contributed by atoms with Gasteiger partial charge in [-0.1, -0.05) is 13.0 Å². The molecule has 0 radical (unpaired) electrons. The highest BCUT2D eigenvalue weighted by Gasteiger charge is 2.10. The van der Waals surface area contributed by atoms with Gasteiger partial charge in [0, 0.05) is 17.4 Å². The second kappa shape index (κ2) is 9.68. The molecule has 0 heterocycles. The standard InChI is InChI=1S/C16H25NO3S/c1-5-17-12(3)13-7-8-15(20-6-2)14(9-13)10-21-11-16(18)19-4/h7-9,12,17H,5-6,10-11H2,1-4H3. The highest BCUT2D eigenvalue weighted by atomic mass is 32.2. The van der Waals surface area contributed by atoms with Gasteiger partial charge in [-0.3, -0.25) is 4.79 Å². The number of hydrogen-bond acceptors (Lipinski definition) is 5. The van der Waals surface area contributed by atoms with E-state index in [9.17, 15) is 4.79 Å². The van der Waals surface area contributed by atoms with Gasteiger partial charge in [0.05, 0.1) is 19.5 Å². The molecule has 1 unspecified atom stereocenters. The minimum Gasteiger partial charge on any atom is -0.494 e. The lowest BCUT2D eigenvalue weighted by molar-refractivity contribution is -0.137. The van der Waals surface area contributed by atoms with E-state index >= 15 is 0 Å². The van der Waals surface area contributed by atoms with Crippen molar-refractivity contribution in [1.29, 1.82) is 0 Å². The van der Waals surface area contributed by atoms with E-state index in [0.29, 0.717) is 18.4 Å². The first kappa shape index (κ1) is 17.9. The highest BCUT2D eigenvalue weighted by Crippen LogP contribution is 2.27. The number of hydrogen-bond donors (Lipinski definition) is 1. The number of esters is 1. The predicted molar refractivity (Wildman–Crippen MR) is 87.9 cm³/mol. The van der Waals surface area contributed by atoms with Crippen LogP contribution in [0.5, 0.6) is 5.75 Å². The third-order valence-electron chi connectivity index (χ3n) is 3.10. The van der Waals surface area contributed by atoms with Crippen LogP contribution in [0.25, 0.3) is 0 Å². The molecule has 0 bridgehead atoms. The zero-order valence-electron chi connectivity index (χ0n) is 13.3. The average molecular weight is 311 g/mol. The minimum atomic E-state index is -0.199. The van der Waals surface area contributed by atoms with Crippen LogP contribution in [0.15, 0.2) is 18.2 Å². The van der Waals surface area contributed by atoms with Crippen molar-refractivity contribution >= 4 is 17.7 Å². The molecule has 118 valence electrons. The molecule has 0 spiro atoms. The summed E-state index contributed by atoms with van der Waals surface area (Å²) in [6.07, 6.45) is 0. The summed E-state index contributed by atoms with van der Waals surface area (Å²) in [5, 5.41) is 3.40. The molecular formula is C16H25NO3S. The van der Waals surface area contributed by atoms with Gasteiger partial charge in [0.15, 0.2) is 0 Å². The predicted octanol–water partition coefficient (Wildman–Crippen LogP) is 3.16. The molecule has 0 aliphatic heterocycles. The summed E-state index contributed by atoms with van der Waals surface area (Å²) in [7, 11) is 1.41. The number of carbonyl (C=O) groups is 1. The Morgan fingerprint density at radius 3 is 2.76 bits per heavy atom. The number of ether oxygens (including phenoxy) is 2. The van der Waals surface area contributed by atoms with Crippen LogP contribution in [0.4, 0.5) is 0 Å². The lowest BCUT2D eigenvalue weighted by Gasteiger charge is -2.16. The molecule has 1 aromatic carbocycles. The number of benzene rings is 1. The van der Waals surface area contributed by atoms with E-state index in [0.717, 1.165) is 23.6 Å². The Morgan fingerprint density at radius 2 is 2.14 bits per heavy atom. The quantitative estimate of drug-likeness (QED) is 0.710. The van der Waals surface area contributed by atoms with Crippen LogP contribution in [-0.2, 0) is 15.3 Å². The molecule has 0 aliphatic carbocycles. The van der Waals surface area contributed by atoms with Crippen LogP contribution in [0.2, 0.25) is 0 Å². The van der Waals surface area contributed by atoms with Crippen LogP contribution < -0.4 is 10.1 Å². The van der Waals surface area contributed by atoms with Crippen molar-refractivity contribution < 1.29 is 14.3 Å². The summed E-state index contributed by atoms with van der Waals surface area (Å²) in [5.74, 6) is 1.78. The molecular weight excluding hydrogens is 286 g/mol. The molecule has 1 aromatic rings. The molecule has 0 aliphatic rings. The third-order valence-corrected chi connectivity index (χ3v) is 4.05. The van der Waals surface area contributed by atoms with Gasteiger partial charge < -0.3 is 14.8 Å². The zero-order chi connectivity index (χ0) is 15.7. The Morgan fingerprint density at radius 1 is 1.38 bits per heavy atom. The van der Waals surface area contributed by atoms with Crippen molar-refractivity contribution in [3.8, 4) is 5.75 Å². The van der Waals surface area contributed by atoms with Gasteiger partial charge in [-0.05, 0) is 38.1 Å². The lowest BCUT2D eigenvalue weighted by Crippen LogP contribution is -2.17. The number of carbonyl (C=O) groups excluding carboxylic acids is 1. The van der Waals surface area contributed by atoms with Gasteiger partial charge in [0.1, 0.15) is 5.75 Å². The van der Waals surface area contributed by atoms with Gasteiger partial charge in [0.25, 0.3) is 0 Å². The molecule has 0 aromatic heterocycles. The van der Waals surface area contributed by atoms with E-state index in [2.05, 4.69) is 36.0 Å². The number of methoxy groups -OCH3 is 1. The molecule has 0 amide bonds. The third kappa shape index (κ3) is 5.98. The molecule has 0 fully saturated rings. The minimum absolute atomic E-state index is 0.199. The van der Waals surface area contributed by atoms with Crippen molar-refractivity contribution in [2.75, 3.05) is 26.0 Å². The Bertz CT molecular complexity index is 451. The largest absolute Gasteiger partial charge is 0.494 e. The summed E-state index contributed by atoms with van der Waals surface area (Å²) < 4.78 is 10.3. The Hall–Kier alpha value is -1.20. The molecule has 1 rings (SSSR count). The van der Waals surface area contributed by atoms with Crippen molar-refractivity contribution in [2.24, 2.45) is 0 Å². The van der Waals surface area contributed by atoms with Gasteiger partial charge in [0.2, 0.25) is 0 Å². The molecule has 0 saturated heterocycles. The average Bonchev–Trinajstić information content (AvgIpc) is 2.49. The normalized spacial score (nSPS) is 12.0. The Balaban J connectivity index is 2.80. The van der Waals surface area contributed by atoms with Crippen molar-refractivity contribution in [2.45, 2.75) is 32.6 Å². The summed E-state index contributed by atoms with van der Waals surface area (Å²) in [4.78, 5) is 11.2. The van der Waals surface area contributed by atoms with Crippen LogP contribution in [0.3, 0.4) is 0 Å². The van der Waals surface area contributed by atoms with Crippen molar-refractivity contribution in [3.63, 3.8) is 0 Å². The van der Waals surface area contributed by atoms with Crippen molar-refractivity contribution in [3.05, 3.63) is 29.3 Å². The fraction of sp³-hybridized carbons (Fsp3) is 0.562. The summed E-state index contributed by atoms with van der Waals surface area (Å²) >= 11 is 1.54. The maximum atomic E-state index is 11.2. The van der Waals surface area contributed by atoms with E-state index in [-0.39, 0.29) is 5.97 Å². The maximum Gasteiger partial charge on any atom is 0.315 e. The lowest BCUT2D eigenvalue weighted by atomic mass is 10.0. The fourth-order valence-electron chi connectivity index (χ4n) is 2.01. The maximum absolute atomic E-state index is 11.2. The number of nitrogens with one attached hydrogen (secondary N) is 1. The van der Waals surface area contributed by atoms with Gasteiger partial charge >= 0.3 is 5.97 Å².